The highest BCUT2D eigenvalue weighted by molar-refractivity contribution is 5.92. The summed E-state index contributed by atoms with van der Waals surface area (Å²) < 4.78 is 1.60. The first kappa shape index (κ1) is 12.8. The molecule has 2 aromatic rings. The molecule has 1 amide bonds. The van der Waals surface area contributed by atoms with Crippen molar-refractivity contribution in [3.05, 3.63) is 53.3 Å². The maximum Gasteiger partial charge on any atom is 0.307 e. The van der Waals surface area contributed by atoms with Crippen molar-refractivity contribution >= 4 is 11.9 Å². The average molecular weight is 259 g/mol. The number of hydrogen-bond donors (Lipinski definition) is 2. The first-order chi connectivity index (χ1) is 9.04. The van der Waals surface area contributed by atoms with Gasteiger partial charge in [-0.2, -0.15) is 5.10 Å². The molecule has 6 heteroatoms. The maximum atomic E-state index is 10.9. The number of carbonyl (C=O) groups excluding carboxylic acids is 1. The second-order valence-electron chi connectivity index (χ2n) is 4.18. The van der Waals surface area contributed by atoms with Gasteiger partial charge in [0.05, 0.1) is 24.7 Å². The number of primary amides is 1. The number of amides is 1. The van der Waals surface area contributed by atoms with Crippen LogP contribution in [0, 0.1) is 0 Å². The van der Waals surface area contributed by atoms with Gasteiger partial charge in [0.15, 0.2) is 0 Å². The van der Waals surface area contributed by atoms with Gasteiger partial charge in [0.2, 0.25) is 0 Å². The van der Waals surface area contributed by atoms with Crippen LogP contribution in [0.5, 0.6) is 0 Å². The van der Waals surface area contributed by atoms with Crippen molar-refractivity contribution in [3.63, 3.8) is 0 Å². The van der Waals surface area contributed by atoms with Crippen molar-refractivity contribution in [3.8, 4) is 0 Å². The first-order valence-corrected chi connectivity index (χ1v) is 5.66. The van der Waals surface area contributed by atoms with Crippen molar-refractivity contribution < 1.29 is 14.7 Å². The van der Waals surface area contributed by atoms with E-state index in [1.165, 1.54) is 6.20 Å². The van der Waals surface area contributed by atoms with Gasteiger partial charge in [-0.1, -0.05) is 24.3 Å². The van der Waals surface area contributed by atoms with Crippen molar-refractivity contribution in [2.24, 2.45) is 5.73 Å². The third-order valence-corrected chi connectivity index (χ3v) is 2.64. The van der Waals surface area contributed by atoms with Gasteiger partial charge in [0.1, 0.15) is 0 Å². The number of rotatable bonds is 5. The third kappa shape index (κ3) is 3.41. The number of carboxylic acid groups (broad SMARTS) is 1. The Morgan fingerprint density at radius 1 is 1.21 bits per heavy atom. The van der Waals surface area contributed by atoms with Crippen LogP contribution < -0.4 is 5.73 Å². The lowest BCUT2D eigenvalue weighted by Crippen LogP contribution is -2.09. The zero-order valence-corrected chi connectivity index (χ0v) is 10.1. The van der Waals surface area contributed by atoms with E-state index in [2.05, 4.69) is 5.10 Å². The zero-order valence-electron chi connectivity index (χ0n) is 10.1. The molecule has 0 aliphatic rings. The second-order valence-corrected chi connectivity index (χ2v) is 4.18. The quantitative estimate of drug-likeness (QED) is 0.823. The van der Waals surface area contributed by atoms with Gasteiger partial charge < -0.3 is 10.8 Å². The summed E-state index contributed by atoms with van der Waals surface area (Å²) in [6.45, 7) is 0.501. The van der Waals surface area contributed by atoms with Crippen LogP contribution >= 0.6 is 0 Å². The summed E-state index contributed by atoms with van der Waals surface area (Å²) in [5.41, 5.74) is 7.21. The zero-order chi connectivity index (χ0) is 13.8. The summed E-state index contributed by atoms with van der Waals surface area (Å²) >= 11 is 0. The predicted octanol–water partition coefficient (Wildman–Crippen LogP) is 0.657. The lowest BCUT2D eigenvalue weighted by atomic mass is 10.1. The minimum absolute atomic E-state index is 0.00781. The molecule has 0 aliphatic carbocycles. The average Bonchev–Trinajstić information content (AvgIpc) is 2.80. The first-order valence-electron chi connectivity index (χ1n) is 5.66. The second kappa shape index (κ2) is 5.34. The van der Waals surface area contributed by atoms with Crippen molar-refractivity contribution in [2.45, 2.75) is 13.0 Å². The number of carbonyl (C=O) groups is 2. The number of nitrogens with zero attached hydrogens (tertiary/aromatic N) is 2. The lowest BCUT2D eigenvalue weighted by molar-refractivity contribution is -0.136. The Morgan fingerprint density at radius 3 is 2.37 bits per heavy atom. The summed E-state index contributed by atoms with van der Waals surface area (Å²) in [5.74, 6) is -1.37. The smallest absolute Gasteiger partial charge is 0.307 e. The van der Waals surface area contributed by atoms with Gasteiger partial charge in [-0.05, 0) is 11.1 Å². The minimum atomic E-state index is -0.856. The van der Waals surface area contributed by atoms with E-state index in [9.17, 15) is 9.59 Å². The number of aromatic nitrogens is 2. The van der Waals surface area contributed by atoms with Gasteiger partial charge in [-0.25, -0.2) is 0 Å². The van der Waals surface area contributed by atoms with Crippen molar-refractivity contribution in [1.29, 1.82) is 0 Å². The van der Waals surface area contributed by atoms with E-state index in [1.807, 2.05) is 12.1 Å². The topological polar surface area (TPSA) is 98.2 Å². The fraction of sp³-hybridized carbons (Fsp3) is 0.154. The molecule has 1 aromatic heterocycles. The van der Waals surface area contributed by atoms with E-state index in [4.69, 9.17) is 10.8 Å². The van der Waals surface area contributed by atoms with Gasteiger partial charge in [-0.3, -0.25) is 14.3 Å². The molecule has 0 fully saturated rings. The molecule has 0 spiro atoms. The van der Waals surface area contributed by atoms with E-state index >= 15 is 0 Å². The maximum absolute atomic E-state index is 10.9. The number of hydrogen-bond acceptors (Lipinski definition) is 3. The Balaban J connectivity index is 2.06. The van der Waals surface area contributed by atoms with Crippen LogP contribution in [0.1, 0.15) is 21.5 Å². The largest absolute Gasteiger partial charge is 0.481 e. The number of aliphatic carboxylic acids is 1. The normalized spacial score (nSPS) is 10.3. The van der Waals surface area contributed by atoms with Crippen LogP contribution in [0.2, 0.25) is 0 Å². The molecule has 98 valence electrons. The predicted molar refractivity (Wildman–Crippen MR) is 67.6 cm³/mol. The third-order valence-electron chi connectivity index (χ3n) is 2.64. The molecular formula is C13H13N3O3. The van der Waals surface area contributed by atoms with E-state index in [0.29, 0.717) is 12.1 Å². The molecule has 0 atom stereocenters. The van der Waals surface area contributed by atoms with E-state index in [-0.39, 0.29) is 6.42 Å². The van der Waals surface area contributed by atoms with E-state index in [1.54, 1.807) is 23.0 Å². The van der Waals surface area contributed by atoms with Crippen LogP contribution in [0.3, 0.4) is 0 Å². The summed E-state index contributed by atoms with van der Waals surface area (Å²) in [7, 11) is 0. The molecule has 3 N–H and O–H groups in total. The molecule has 2 rings (SSSR count). The molecular weight excluding hydrogens is 246 g/mol. The summed E-state index contributed by atoms with van der Waals surface area (Å²) in [6.07, 6.45) is 3.00. The summed E-state index contributed by atoms with van der Waals surface area (Å²) in [4.78, 5) is 21.5. The summed E-state index contributed by atoms with van der Waals surface area (Å²) in [6, 6.07) is 7.21. The fourth-order valence-electron chi connectivity index (χ4n) is 1.70. The van der Waals surface area contributed by atoms with Crippen LogP contribution in [-0.2, 0) is 17.8 Å². The Hall–Kier alpha value is -2.63. The van der Waals surface area contributed by atoms with E-state index in [0.717, 1.165) is 11.1 Å². The Kier molecular flexibility index (Phi) is 3.61. The molecule has 0 radical (unpaired) electrons. The molecule has 0 unspecified atom stereocenters. The highest BCUT2D eigenvalue weighted by atomic mass is 16.4. The molecule has 6 nitrogen and oxygen atoms in total. The molecule has 0 saturated heterocycles. The SMILES string of the molecule is NC(=O)c1cnn(Cc2ccc(CC(=O)O)cc2)c1. The fourth-order valence-corrected chi connectivity index (χ4v) is 1.70. The summed E-state index contributed by atoms with van der Waals surface area (Å²) in [5, 5.41) is 12.7. The molecule has 0 bridgehead atoms. The Labute approximate surface area is 109 Å². The molecule has 0 aliphatic heterocycles. The number of carboxylic acids is 1. The van der Waals surface area contributed by atoms with Gasteiger partial charge in [0.25, 0.3) is 5.91 Å². The minimum Gasteiger partial charge on any atom is -0.481 e. The molecule has 0 saturated carbocycles. The molecule has 19 heavy (non-hydrogen) atoms. The molecule has 1 aromatic carbocycles. The van der Waals surface area contributed by atoms with Crippen LogP contribution in [0.25, 0.3) is 0 Å². The highest BCUT2D eigenvalue weighted by Crippen LogP contribution is 2.07. The van der Waals surface area contributed by atoms with Gasteiger partial charge in [-0.15, -0.1) is 0 Å². The van der Waals surface area contributed by atoms with Crippen molar-refractivity contribution in [1.82, 2.24) is 9.78 Å². The highest BCUT2D eigenvalue weighted by Gasteiger charge is 2.05. The van der Waals surface area contributed by atoms with Crippen LogP contribution in [0.4, 0.5) is 0 Å². The molecule has 1 heterocycles. The lowest BCUT2D eigenvalue weighted by Gasteiger charge is -2.03. The van der Waals surface area contributed by atoms with Gasteiger partial charge >= 0.3 is 5.97 Å². The Bertz CT molecular complexity index is 602. The van der Waals surface area contributed by atoms with E-state index < -0.39 is 11.9 Å². The van der Waals surface area contributed by atoms with Gasteiger partial charge in [0, 0.05) is 6.20 Å². The monoisotopic (exact) mass is 259 g/mol. The number of nitrogens with two attached hydrogens (primary N) is 1. The Morgan fingerprint density at radius 2 is 1.84 bits per heavy atom. The number of benzene rings is 1. The van der Waals surface area contributed by atoms with Crippen LogP contribution in [0.15, 0.2) is 36.7 Å². The van der Waals surface area contributed by atoms with Crippen LogP contribution in [-0.4, -0.2) is 26.8 Å². The van der Waals surface area contributed by atoms with Crippen molar-refractivity contribution in [2.75, 3.05) is 0 Å². The standard InChI is InChI=1S/C13H13N3O3/c14-13(19)11-6-15-16(8-11)7-10-3-1-9(2-4-10)5-12(17)18/h1-4,6,8H,5,7H2,(H2,14,19)(H,17,18).